The molecule has 2 aromatic rings. The van der Waals surface area contributed by atoms with Crippen LogP contribution >= 0.6 is 11.6 Å². The van der Waals surface area contributed by atoms with Crippen molar-refractivity contribution in [2.24, 2.45) is 5.73 Å². The molecule has 0 spiro atoms. The number of nitrogens with zero attached hydrogens (tertiary/aromatic N) is 2. The first-order valence-electron chi connectivity index (χ1n) is 6.68. The lowest BCUT2D eigenvalue weighted by Crippen LogP contribution is -2.50. The Morgan fingerprint density at radius 1 is 1.29 bits per heavy atom. The van der Waals surface area contributed by atoms with Crippen molar-refractivity contribution in [1.29, 1.82) is 0 Å². The number of hydrogen-bond donors (Lipinski definition) is 1. The second-order valence-electron chi connectivity index (χ2n) is 6.25. The van der Waals surface area contributed by atoms with Gasteiger partial charge in [0.1, 0.15) is 5.82 Å². The van der Waals surface area contributed by atoms with Gasteiger partial charge in [-0.15, -0.1) is 0 Å². The zero-order valence-electron chi connectivity index (χ0n) is 12.6. The lowest BCUT2D eigenvalue weighted by Gasteiger charge is -2.34. The molecule has 0 aliphatic heterocycles. The lowest BCUT2D eigenvalue weighted by molar-refractivity contribution is 0.222. The Hall–Kier alpha value is -1.46. The molecule has 0 bridgehead atoms. The number of nitrogens with two attached hydrogens (primary N) is 1. The molecule has 2 N–H and O–H groups in total. The fourth-order valence-corrected chi connectivity index (χ4v) is 1.90. The molecule has 0 aliphatic carbocycles. The highest BCUT2D eigenvalue weighted by atomic mass is 35.5. The van der Waals surface area contributed by atoms with Gasteiger partial charge in [0.2, 0.25) is 5.89 Å². The van der Waals surface area contributed by atoms with E-state index in [1.807, 2.05) is 27.7 Å². The van der Waals surface area contributed by atoms with Crippen molar-refractivity contribution in [1.82, 2.24) is 10.1 Å². The number of halogens is 2. The molecule has 1 aromatic heterocycles. The van der Waals surface area contributed by atoms with E-state index in [-0.39, 0.29) is 11.4 Å². The fraction of sp³-hybridized carbons (Fsp3) is 0.467. The predicted octanol–water partition coefficient (Wildman–Crippen LogP) is 3.47. The average molecular weight is 312 g/mol. The molecule has 0 amide bonds. The van der Waals surface area contributed by atoms with Crippen molar-refractivity contribution in [3.63, 3.8) is 0 Å². The standard InChI is InChI=1S/C15H19ClFN3O/c1-14(2,15(3,4)18)13-19-11(20-21-13)8-9-6-5-7-10(16)12(9)17/h5-7H,8,18H2,1-4H3. The van der Waals surface area contributed by atoms with E-state index in [9.17, 15) is 4.39 Å². The third-order valence-corrected chi connectivity index (χ3v) is 4.29. The maximum atomic E-state index is 13.9. The molecule has 114 valence electrons. The normalized spacial score (nSPS) is 12.7. The minimum atomic E-state index is -0.530. The van der Waals surface area contributed by atoms with E-state index < -0.39 is 16.8 Å². The quantitative estimate of drug-likeness (QED) is 0.939. The summed E-state index contributed by atoms with van der Waals surface area (Å²) in [4.78, 5) is 4.35. The Bertz CT molecular complexity index is 647. The van der Waals surface area contributed by atoms with Crippen molar-refractivity contribution < 1.29 is 8.91 Å². The third kappa shape index (κ3) is 3.09. The number of aromatic nitrogens is 2. The van der Waals surface area contributed by atoms with Gasteiger partial charge in [-0.1, -0.05) is 28.9 Å². The monoisotopic (exact) mass is 311 g/mol. The average Bonchev–Trinajstić information content (AvgIpc) is 2.83. The maximum absolute atomic E-state index is 13.9. The molecule has 0 atom stereocenters. The van der Waals surface area contributed by atoms with Crippen LogP contribution in [0.15, 0.2) is 22.7 Å². The molecule has 2 rings (SSSR count). The Balaban J connectivity index is 2.27. The molecule has 1 aromatic carbocycles. The van der Waals surface area contributed by atoms with E-state index in [1.54, 1.807) is 12.1 Å². The largest absolute Gasteiger partial charge is 0.339 e. The maximum Gasteiger partial charge on any atom is 0.234 e. The molecule has 1 heterocycles. The molecule has 0 fully saturated rings. The summed E-state index contributed by atoms with van der Waals surface area (Å²) in [5.41, 5.74) is 5.55. The van der Waals surface area contributed by atoms with Crippen LogP contribution in [0.3, 0.4) is 0 Å². The topological polar surface area (TPSA) is 64.9 Å². The van der Waals surface area contributed by atoms with Crippen molar-refractivity contribution in [2.45, 2.75) is 45.1 Å². The van der Waals surface area contributed by atoms with Crippen LogP contribution < -0.4 is 5.73 Å². The van der Waals surface area contributed by atoms with Crippen LogP contribution in [0.1, 0.15) is 45.0 Å². The Morgan fingerprint density at radius 2 is 1.95 bits per heavy atom. The smallest absolute Gasteiger partial charge is 0.234 e. The van der Waals surface area contributed by atoms with Crippen molar-refractivity contribution in [3.05, 3.63) is 46.3 Å². The summed E-state index contributed by atoms with van der Waals surface area (Å²) in [6, 6.07) is 4.84. The van der Waals surface area contributed by atoms with E-state index >= 15 is 0 Å². The van der Waals surface area contributed by atoms with E-state index in [0.717, 1.165) is 0 Å². The molecule has 0 radical (unpaired) electrons. The Labute approximate surface area is 128 Å². The zero-order chi connectivity index (χ0) is 15.8. The molecular weight excluding hydrogens is 293 g/mol. The highest BCUT2D eigenvalue weighted by Crippen LogP contribution is 2.32. The van der Waals surface area contributed by atoms with Crippen molar-refractivity contribution in [3.8, 4) is 0 Å². The van der Waals surface area contributed by atoms with E-state index in [4.69, 9.17) is 21.9 Å². The SMILES string of the molecule is CC(C)(N)C(C)(C)c1nc(Cc2cccc(Cl)c2F)no1. The molecule has 0 saturated heterocycles. The minimum Gasteiger partial charge on any atom is -0.339 e. The van der Waals surface area contributed by atoms with Gasteiger partial charge in [-0.2, -0.15) is 4.98 Å². The molecular formula is C15H19ClFN3O. The van der Waals surface area contributed by atoms with Gasteiger partial charge >= 0.3 is 0 Å². The summed E-state index contributed by atoms with van der Waals surface area (Å²) in [6.07, 6.45) is 0.219. The Morgan fingerprint density at radius 3 is 2.57 bits per heavy atom. The first-order valence-corrected chi connectivity index (χ1v) is 7.05. The van der Waals surface area contributed by atoms with E-state index in [2.05, 4.69) is 10.1 Å². The van der Waals surface area contributed by atoms with E-state index in [0.29, 0.717) is 17.3 Å². The van der Waals surface area contributed by atoms with Crippen LogP contribution in [-0.4, -0.2) is 15.7 Å². The molecule has 0 saturated carbocycles. The molecule has 0 aliphatic rings. The number of benzene rings is 1. The second-order valence-corrected chi connectivity index (χ2v) is 6.66. The summed E-state index contributed by atoms with van der Waals surface area (Å²) < 4.78 is 19.2. The van der Waals surface area contributed by atoms with Crippen LogP contribution in [-0.2, 0) is 11.8 Å². The van der Waals surface area contributed by atoms with Gasteiger partial charge in [0.15, 0.2) is 5.82 Å². The first kappa shape index (κ1) is 15.9. The van der Waals surface area contributed by atoms with Gasteiger partial charge in [-0.25, -0.2) is 4.39 Å². The third-order valence-electron chi connectivity index (χ3n) is 3.99. The molecule has 4 nitrogen and oxygen atoms in total. The van der Waals surface area contributed by atoms with E-state index in [1.165, 1.54) is 6.07 Å². The Kier molecular flexibility index (Phi) is 4.08. The lowest BCUT2D eigenvalue weighted by atomic mass is 9.75. The summed E-state index contributed by atoms with van der Waals surface area (Å²) >= 11 is 5.76. The van der Waals surface area contributed by atoms with Crippen LogP contribution in [0, 0.1) is 5.82 Å². The summed E-state index contributed by atoms with van der Waals surface area (Å²) in [6.45, 7) is 7.66. The highest BCUT2D eigenvalue weighted by molar-refractivity contribution is 6.30. The summed E-state index contributed by atoms with van der Waals surface area (Å²) in [5.74, 6) is 0.389. The van der Waals surface area contributed by atoms with Gasteiger partial charge < -0.3 is 10.3 Å². The van der Waals surface area contributed by atoms with Crippen LogP contribution in [0.2, 0.25) is 5.02 Å². The van der Waals surface area contributed by atoms with Gasteiger partial charge in [-0.3, -0.25) is 0 Å². The molecule has 21 heavy (non-hydrogen) atoms. The van der Waals surface area contributed by atoms with Crippen molar-refractivity contribution >= 4 is 11.6 Å². The summed E-state index contributed by atoms with van der Waals surface area (Å²) in [5, 5.41) is 3.99. The van der Waals surface area contributed by atoms with Crippen LogP contribution in [0.4, 0.5) is 4.39 Å². The van der Waals surface area contributed by atoms with Crippen LogP contribution in [0.25, 0.3) is 0 Å². The van der Waals surface area contributed by atoms with Gasteiger partial charge in [0, 0.05) is 12.0 Å². The van der Waals surface area contributed by atoms with Gasteiger partial charge in [-0.05, 0) is 39.3 Å². The minimum absolute atomic E-state index is 0.0830. The fourth-order valence-electron chi connectivity index (χ4n) is 1.71. The molecule has 6 heteroatoms. The van der Waals surface area contributed by atoms with Gasteiger partial charge in [0.25, 0.3) is 0 Å². The molecule has 0 unspecified atom stereocenters. The second kappa shape index (κ2) is 5.39. The number of hydrogen-bond acceptors (Lipinski definition) is 4. The predicted molar refractivity (Wildman–Crippen MR) is 79.8 cm³/mol. The van der Waals surface area contributed by atoms with Crippen molar-refractivity contribution in [2.75, 3.05) is 0 Å². The first-order chi connectivity index (χ1) is 9.63. The summed E-state index contributed by atoms with van der Waals surface area (Å²) in [7, 11) is 0. The highest BCUT2D eigenvalue weighted by Gasteiger charge is 2.40. The zero-order valence-corrected chi connectivity index (χ0v) is 13.3. The van der Waals surface area contributed by atoms with Crippen LogP contribution in [0.5, 0.6) is 0 Å². The van der Waals surface area contributed by atoms with Gasteiger partial charge in [0.05, 0.1) is 10.4 Å². The number of rotatable bonds is 4.